The average Bonchev–Trinajstić information content (AvgIpc) is 3.41. The second kappa shape index (κ2) is 12.7. The molecule has 0 aromatic heterocycles. The number of nitrogens with one attached hydrogen (secondary N) is 2. The van der Waals surface area contributed by atoms with Gasteiger partial charge in [0.15, 0.2) is 5.11 Å². The van der Waals surface area contributed by atoms with Crippen molar-refractivity contribution in [3.05, 3.63) is 84.4 Å². The number of hydrogen-bond acceptors (Lipinski definition) is 6. The normalized spacial score (nSPS) is 14.7. The molecule has 182 valence electrons. The van der Waals surface area contributed by atoms with Crippen molar-refractivity contribution in [2.24, 2.45) is 0 Å². The van der Waals surface area contributed by atoms with Crippen LogP contribution >= 0.6 is 12.2 Å². The molecule has 1 saturated heterocycles. The lowest BCUT2D eigenvalue weighted by Crippen LogP contribution is -2.34. The summed E-state index contributed by atoms with van der Waals surface area (Å²) in [5.74, 6) is 1.78. The van der Waals surface area contributed by atoms with Crippen LogP contribution < -0.4 is 24.8 Å². The van der Waals surface area contributed by atoms with Gasteiger partial charge in [0.2, 0.25) is 0 Å². The number of anilines is 1. The zero-order valence-electron chi connectivity index (χ0n) is 19.3. The second-order valence-electron chi connectivity index (χ2n) is 7.88. The van der Waals surface area contributed by atoms with Crippen molar-refractivity contribution in [1.82, 2.24) is 5.32 Å². The van der Waals surface area contributed by atoms with Crippen LogP contribution in [-0.4, -0.2) is 43.6 Å². The Morgan fingerprint density at radius 2 is 1.57 bits per heavy atom. The van der Waals surface area contributed by atoms with Crippen molar-refractivity contribution >= 4 is 28.9 Å². The molecule has 0 spiro atoms. The molecule has 1 heterocycles. The number of carbonyl (C=O) groups excluding carboxylic acids is 1. The highest BCUT2D eigenvalue weighted by Gasteiger charge is 2.17. The lowest BCUT2D eigenvalue weighted by Gasteiger charge is -2.16. The number of thiocarbonyl (C=S) groups is 1. The fourth-order valence-electron chi connectivity index (χ4n) is 3.52. The molecule has 0 bridgehead atoms. The second-order valence-corrected chi connectivity index (χ2v) is 8.29. The summed E-state index contributed by atoms with van der Waals surface area (Å²) in [6, 6.07) is 23.9. The molecule has 1 aliphatic heterocycles. The van der Waals surface area contributed by atoms with Crippen LogP contribution in [-0.2, 0) is 4.74 Å². The minimum Gasteiger partial charge on any atom is -0.490 e. The van der Waals surface area contributed by atoms with Gasteiger partial charge >= 0.3 is 0 Å². The number of carbonyl (C=O) groups is 1. The molecule has 1 unspecified atom stereocenters. The zero-order valence-corrected chi connectivity index (χ0v) is 20.1. The number of amides is 1. The predicted octanol–water partition coefficient (Wildman–Crippen LogP) is 4.83. The fraction of sp³-hybridized carbons (Fsp3) is 0.259. The maximum absolute atomic E-state index is 12.6. The van der Waals surface area contributed by atoms with E-state index in [-0.39, 0.29) is 17.1 Å². The van der Waals surface area contributed by atoms with Crippen molar-refractivity contribution in [2.45, 2.75) is 18.9 Å². The van der Waals surface area contributed by atoms with Crippen LogP contribution in [0, 0.1) is 0 Å². The SMILES string of the molecule is O=C(NC(=S)Nc1ccccc1OCC1CCCO1)c1ccc(OCCOc2ccccc2)cc1. The van der Waals surface area contributed by atoms with Crippen molar-refractivity contribution in [1.29, 1.82) is 0 Å². The summed E-state index contributed by atoms with van der Waals surface area (Å²) in [5, 5.41) is 5.92. The van der Waals surface area contributed by atoms with Crippen molar-refractivity contribution < 1.29 is 23.7 Å². The lowest BCUT2D eigenvalue weighted by atomic mass is 10.2. The molecule has 1 amide bonds. The molecule has 1 aliphatic rings. The Kier molecular flexibility index (Phi) is 8.91. The van der Waals surface area contributed by atoms with Gasteiger partial charge < -0.3 is 24.3 Å². The zero-order chi connectivity index (χ0) is 24.3. The highest BCUT2D eigenvalue weighted by molar-refractivity contribution is 7.80. The predicted molar refractivity (Wildman–Crippen MR) is 138 cm³/mol. The van der Waals surface area contributed by atoms with Gasteiger partial charge in [0.05, 0.1) is 11.8 Å². The maximum atomic E-state index is 12.6. The van der Waals surface area contributed by atoms with Gasteiger partial charge in [-0.05, 0) is 73.6 Å². The standard InChI is InChI=1S/C27H28N2O5S/c30-26(20-12-14-22(15-13-20)33-18-17-32-21-7-2-1-3-8-21)29-27(35)28-24-10-4-5-11-25(24)34-19-23-9-6-16-31-23/h1-5,7-8,10-15,23H,6,9,16-19H2,(H2,28,29,30,35). The largest absolute Gasteiger partial charge is 0.490 e. The van der Waals surface area contributed by atoms with Gasteiger partial charge in [-0.25, -0.2) is 0 Å². The number of benzene rings is 3. The van der Waals surface area contributed by atoms with E-state index >= 15 is 0 Å². The molecule has 4 rings (SSSR count). The van der Waals surface area contributed by atoms with Crippen LogP contribution in [0.5, 0.6) is 17.2 Å². The van der Waals surface area contributed by atoms with E-state index < -0.39 is 0 Å². The van der Waals surface area contributed by atoms with E-state index in [1.807, 2.05) is 54.6 Å². The Hall–Kier alpha value is -3.62. The highest BCUT2D eigenvalue weighted by Crippen LogP contribution is 2.25. The van der Waals surface area contributed by atoms with E-state index in [9.17, 15) is 4.79 Å². The fourth-order valence-corrected chi connectivity index (χ4v) is 3.72. The Balaban J connectivity index is 1.22. The van der Waals surface area contributed by atoms with E-state index in [1.165, 1.54) is 0 Å². The molecule has 2 N–H and O–H groups in total. The number of rotatable bonds is 10. The first kappa shape index (κ1) is 24.5. The number of ether oxygens (including phenoxy) is 4. The maximum Gasteiger partial charge on any atom is 0.257 e. The van der Waals surface area contributed by atoms with Crippen molar-refractivity contribution in [2.75, 3.05) is 31.7 Å². The summed E-state index contributed by atoms with van der Waals surface area (Å²) in [6.07, 6.45) is 2.16. The third-order valence-corrected chi connectivity index (χ3v) is 5.50. The van der Waals surface area contributed by atoms with Crippen LogP contribution in [0.15, 0.2) is 78.9 Å². The number of para-hydroxylation sites is 3. The van der Waals surface area contributed by atoms with Crippen LogP contribution in [0.4, 0.5) is 5.69 Å². The van der Waals surface area contributed by atoms with E-state index in [1.54, 1.807) is 24.3 Å². The monoisotopic (exact) mass is 492 g/mol. The van der Waals surface area contributed by atoms with Gasteiger partial charge in [-0.1, -0.05) is 30.3 Å². The Morgan fingerprint density at radius 1 is 0.886 bits per heavy atom. The van der Waals surface area contributed by atoms with Gasteiger partial charge in [0.1, 0.15) is 37.1 Å². The highest BCUT2D eigenvalue weighted by atomic mass is 32.1. The molecule has 0 radical (unpaired) electrons. The Labute approximate surface area is 210 Å². The molecule has 35 heavy (non-hydrogen) atoms. The van der Waals surface area contributed by atoms with E-state index in [2.05, 4.69) is 10.6 Å². The first-order chi connectivity index (χ1) is 17.2. The Bertz CT molecular complexity index is 1100. The average molecular weight is 493 g/mol. The summed E-state index contributed by atoms with van der Waals surface area (Å²) < 4.78 is 22.8. The van der Waals surface area contributed by atoms with Crippen molar-refractivity contribution in [3.63, 3.8) is 0 Å². The van der Waals surface area contributed by atoms with Crippen molar-refractivity contribution in [3.8, 4) is 17.2 Å². The van der Waals surface area contributed by atoms with E-state index in [0.717, 1.165) is 25.2 Å². The first-order valence-corrected chi connectivity index (χ1v) is 11.9. The molecule has 1 fully saturated rings. The minimum absolute atomic E-state index is 0.109. The molecule has 3 aromatic carbocycles. The van der Waals surface area contributed by atoms with Crippen LogP contribution in [0.1, 0.15) is 23.2 Å². The molecule has 0 aliphatic carbocycles. The first-order valence-electron chi connectivity index (χ1n) is 11.5. The van der Waals surface area contributed by atoms with E-state index in [0.29, 0.717) is 42.6 Å². The van der Waals surface area contributed by atoms with E-state index in [4.69, 9.17) is 31.2 Å². The summed E-state index contributed by atoms with van der Waals surface area (Å²) in [7, 11) is 0. The summed E-state index contributed by atoms with van der Waals surface area (Å²) in [6.45, 7) is 2.07. The third kappa shape index (κ3) is 7.70. The number of hydrogen-bond donors (Lipinski definition) is 2. The third-order valence-electron chi connectivity index (χ3n) is 5.29. The van der Waals surface area contributed by atoms with Gasteiger partial charge in [0, 0.05) is 12.2 Å². The summed E-state index contributed by atoms with van der Waals surface area (Å²) in [4.78, 5) is 12.6. The topological polar surface area (TPSA) is 78.1 Å². The summed E-state index contributed by atoms with van der Waals surface area (Å²) in [5.41, 5.74) is 1.14. The van der Waals surface area contributed by atoms with Gasteiger partial charge in [-0.15, -0.1) is 0 Å². The van der Waals surface area contributed by atoms with Crippen LogP contribution in [0.2, 0.25) is 0 Å². The molecular weight excluding hydrogens is 464 g/mol. The summed E-state index contributed by atoms with van der Waals surface area (Å²) >= 11 is 5.34. The van der Waals surface area contributed by atoms with Crippen LogP contribution in [0.25, 0.3) is 0 Å². The smallest absolute Gasteiger partial charge is 0.257 e. The molecule has 7 nitrogen and oxygen atoms in total. The quantitative estimate of drug-likeness (QED) is 0.310. The minimum atomic E-state index is -0.320. The van der Waals surface area contributed by atoms with Gasteiger partial charge in [-0.3, -0.25) is 10.1 Å². The Morgan fingerprint density at radius 3 is 2.29 bits per heavy atom. The molecule has 8 heteroatoms. The molecule has 0 saturated carbocycles. The van der Waals surface area contributed by atoms with Gasteiger partial charge in [0.25, 0.3) is 5.91 Å². The molecular formula is C27H28N2O5S. The van der Waals surface area contributed by atoms with Gasteiger partial charge in [-0.2, -0.15) is 0 Å². The molecule has 3 aromatic rings. The molecule has 1 atom stereocenters. The lowest BCUT2D eigenvalue weighted by molar-refractivity contribution is 0.0682. The van der Waals surface area contributed by atoms with Crippen LogP contribution in [0.3, 0.4) is 0 Å².